The van der Waals surface area contributed by atoms with Crippen LogP contribution in [0, 0.1) is 5.92 Å². The van der Waals surface area contributed by atoms with Crippen molar-refractivity contribution in [2.45, 2.75) is 50.7 Å². The van der Waals surface area contributed by atoms with Gasteiger partial charge in [-0.2, -0.15) is 0 Å². The minimum Gasteiger partial charge on any atom is -0.385 e. The predicted octanol–water partition coefficient (Wildman–Crippen LogP) is 1.82. The number of carbonyl (C=O) groups is 1. The number of amides is 2. The molecule has 2 heterocycles. The smallest absolute Gasteiger partial charge is 0.317 e. The summed E-state index contributed by atoms with van der Waals surface area (Å²) >= 11 is 0. The molecule has 1 saturated heterocycles. The van der Waals surface area contributed by atoms with Crippen molar-refractivity contribution in [2.24, 2.45) is 13.0 Å². The largest absolute Gasteiger partial charge is 0.385 e. The molecule has 22 heavy (non-hydrogen) atoms. The van der Waals surface area contributed by atoms with Crippen LogP contribution in [0.2, 0.25) is 0 Å². The summed E-state index contributed by atoms with van der Waals surface area (Å²) in [6.45, 7) is 1.38. The molecule has 1 aliphatic heterocycles. The first-order chi connectivity index (χ1) is 10.6. The average Bonchev–Trinajstić information content (AvgIpc) is 3.18. The molecule has 6 nitrogen and oxygen atoms in total. The van der Waals surface area contributed by atoms with E-state index in [0.29, 0.717) is 18.4 Å². The van der Waals surface area contributed by atoms with Crippen molar-refractivity contribution in [2.75, 3.05) is 13.1 Å². The Labute approximate surface area is 131 Å². The number of piperidine rings is 1. The zero-order valence-electron chi connectivity index (χ0n) is 13.2. The van der Waals surface area contributed by atoms with Gasteiger partial charge >= 0.3 is 6.03 Å². The van der Waals surface area contributed by atoms with Gasteiger partial charge in [-0.15, -0.1) is 0 Å². The fourth-order valence-corrected chi connectivity index (χ4v) is 3.66. The lowest BCUT2D eigenvalue weighted by molar-refractivity contribution is 0.0528. The van der Waals surface area contributed by atoms with E-state index in [-0.39, 0.29) is 11.9 Å². The lowest BCUT2D eigenvalue weighted by Gasteiger charge is -2.35. The highest BCUT2D eigenvalue weighted by molar-refractivity contribution is 5.74. The minimum absolute atomic E-state index is 0.0311. The Balaban J connectivity index is 1.58. The van der Waals surface area contributed by atoms with Crippen LogP contribution in [-0.2, 0) is 7.05 Å². The second kappa shape index (κ2) is 6.69. The Kier molecular flexibility index (Phi) is 4.66. The number of aryl methyl sites for hydroxylation is 1. The van der Waals surface area contributed by atoms with Crippen LogP contribution in [0.1, 0.15) is 50.5 Å². The molecule has 0 bridgehead atoms. The Bertz CT molecular complexity index is 510. The molecule has 0 aromatic carbocycles. The second-order valence-corrected chi connectivity index (χ2v) is 6.62. The van der Waals surface area contributed by atoms with Gasteiger partial charge in [-0.05, 0) is 25.7 Å². The van der Waals surface area contributed by atoms with Gasteiger partial charge in [0.1, 0.15) is 11.9 Å². The summed E-state index contributed by atoms with van der Waals surface area (Å²) in [4.78, 5) is 18.5. The van der Waals surface area contributed by atoms with Crippen LogP contribution in [0.15, 0.2) is 12.4 Å². The zero-order valence-corrected chi connectivity index (χ0v) is 13.2. The molecular weight excluding hydrogens is 280 g/mol. The number of aromatic nitrogens is 2. The second-order valence-electron chi connectivity index (χ2n) is 6.62. The van der Waals surface area contributed by atoms with Gasteiger partial charge < -0.3 is 19.9 Å². The molecule has 1 saturated carbocycles. The standard InChI is InChI=1S/C16H26N4O2/c1-19-10-8-17-15(19)14(21)12-5-4-9-20(11-12)16(22)18-13-6-2-3-7-13/h8,10,12-14,21H,2-7,9,11H2,1H3,(H,18,22). The van der Waals surface area contributed by atoms with Crippen LogP contribution in [0.4, 0.5) is 4.79 Å². The number of carbonyl (C=O) groups excluding carboxylic acids is 1. The van der Waals surface area contributed by atoms with Crippen LogP contribution in [0.3, 0.4) is 0 Å². The summed E-state index contributed by atoms with van der Waals surface area (Å²) in [5.74, 6) is 0.743. The fraction of sp³-hybridized carbons (Fsp3) is 0.750. The minimum atomic E-state index is -0.609. The number of nitrogens with one attached hydrogen (secondary N) is 1. The maximum absolute atomic E-state index is 12.4. The maximum Gasteiger partial charge on any atom is 0.317 e. The highest BCUT2D eigenvalue weighted by Gasteiger charge is 2.31. The highest BCUT2D eigenvalue weighted by Crippen LogP contribution is 2.29. The van der Waals surface area contributed by atoms with Crippen LogP contribution in [-0.4, -0.2) is 44.7 Å². The lowest BCUT2D eigenvalue weighted by Crippen LogP contribution is -2.49. The van der Waals surface area contributed by atoms with Gasteiger partial charge in [0.25, 0.3) is 0 Å². The van der Waals surface area contributed by atoms with E-state index in [1.165, 1.54) is 12.8 Å². The molecule has 2 fully saturated rings. The van der Waals surface area contributed by atoms with Crippen molar-refractivity contribution >= 4 is 6.03 Å². The van der Waals surface area contributed by atoms with Crippen molar-refractivity contribution in [1.29, 1.82) is 0 Å². The van der Waals surface area contributed by atoms with Crippen molar-refractivity contribution in [1.82, 2.24) is 19.8 Å². The van der Waals surface area contributed by atoms with Gasteiger partial charge in [-0.3, -0.25) is 0 Å². The van der Waals surface area contributed by atoms with Crippen LogP contribution in [0.5, 0.6) is 0 Å². The van der Waals surface area contributed by atoms with Gasteiger partial charge in [-0.25, -0.2) is 9.78 Å². The van der Waals surface area contributed by atoms with E-state index in [4.69, 9.17) is 0 Å². The summed E-state index contributed by atoms with van der Waals surface area (Å²) in [5.41, 5.74) is 0. The fourth-order valence-electron chi connectivity index (χ4n) is 3.66. The van der Waals surface area contributed by atoms with Crippen LogP contribution in [0.25, 0.3) is 0 Å². The van der Waals surface area contributed by atoms with Crippen LogP contribution >= 0.6 is 0 Å². The van der Waals surface area contributed by atoms with Gasteiger partial charge in [-0.1, -0.05) is 12.8 Å². The van der Waals surface area contributed by atoms with Crippen molar-refractivity contribution in [3.05, 3.63) is 18.2 Å². The van der Waals surface area contributed by atoms with Gasteiger partial charge in [0.15, 0.2) is 0 Å². The molecule has 0 spiro atoms. The Hall–Kier alpha value is -1.56. The Morgan fingerprint density at radius 2 is 2.14 bits per heavy atom. The van der Waals surface area contributed by atoms with Gasteiger partial charge in [0, 0.05) is 44.5 Å². The van der Waals surface area contributed by atoms with Crippen molar-refractivity contribution < 1.29 is 9.90 Å². The first-order valence-corrected chi connectivity index (χ1v) is 8.36. The average molecular weight is 306 g/mol. The molecule has 3 rings (SSSR count). The predicted molar refractivity (Wildman–Crippen MR) is 83.3 cm³/mol. The maximum atomic E-state index is 12.4. The third-order valence-corrected chi connectivity index (χ3v) is 5.00. The number of nitrogens with zero attached hydrogens (tertiary/aromatic N) is 3. The van der Waals surface area contributed by atoms with Gasteiger partial charge in [0.05, 0.1) is 0 Å². The van der Waals surface area contributed by atoms with E-state index in [0.717, 1.165) is 32.2 Å². The third kappa shape index (κ3) is 3.27. The molecule has 1 aromatic rings. The number of likely N-dealkylation sites (tertiary alicyclic amines) is 1. The van der Waals surface area contributed by atoms with Crippen molar-refractivity contribution in [3.8, 4) is 0 Å². The third-order valence-electron chi connectivity index (χ3n) is 5.00. The molecule has 2 N–H and O–H groups in total. The summed E-state index contributed by atoms with van der Waals surface area (Å²) in [6.07, 6.45) is 9.42. The molecule has 2 atom stereocenters. The molecule has 1 aliphatic carbocycles. The van der Waals surface area contributed by atoms with Crippen LogP contribution < -0.4 is 5.32 Å². The Morgan fingerprint density at radius 1 is 1.36 bits per heavy atom. The molecule has 0 radical (unpaired) electrons. The molecule has 6 heteroatoms. The summed E-state index contributed by atoms with van der Waals surface area (Å²) in [6, 6.07) is 0.371. The van der Waals surface area contributed by atoms with E-state index in [1.807, 2.05) is 22.7 Å². The summed E-state index contributed by atoms with van der Waals surface area (Å²) in [7, 11) is 1.89. The van der Waals surface area contributed by atoms with E-state index in [1.54, 1.807) is 6.20 Å². The monoisotopic (exact) mass is 306 g/mol. The first kappa shape index (κ1) is 15.3. The number of rotatable bonds is 3. The quantitative estimate of drug-likeness (QED) is 0.895. The topological polar surface area (TPSA) is 70.4 Å². The lowest BCUT2D eigenvalue weighted by atomic mass is 9.92. The highest BCUT2D eigenvalue weighted by atomic mass is 16.3. The molecule has 1 aromatic heterocycles. The molecule has 2 unspecified atom stereocenters. The van der Waals surface area contributed by atoms with E-state index < -0.39 is 6.10 Å². The van der Waals surface area contributed by atoms with Gasteiger partial charge in [0.2, 0.25) is 0 Å². The molecule has 122 valence electrons. The van der Waals surface area contributed by atoms with E-state index >= 15 is 0 Å². The molecule has 2 amide bonds. The summed E-state index contributed by atoms with van der Waals surface area (Å²) < 4.78 is 1.85. The number of aliphatic hydroxyl groups is 1. The number of aliphatic hydroxyl groups excluding tert-OH is 1. The number of urea groups is 1. The molecular formula is C16H26N4O2. The first-order valence-electron chi connectivity index (χ1n) is 8.36. The zero-order chi connectivity index (χ0) is 15.5. The number of hydrogen-bond acceptors (Lipinski definition) is 3. The number of imidazole rings is 1. The Morgan fingerprint density at radius 3 is 2.82 bits per heavy atom. The molecule has 2 aliphatic rings. The number of hydrogen-bond donors (Lipinski definition) is 2. The summed E-state index contributed by atoms with van der Waals surface area (Å²) in [5, 5.41) is 13.7. The van der Waals surface area contributed by atoms with E-state index in [2.05, 4.69) is 10.3 Å². The SMILES string of the molecule is Cn1ccnc1C(O)C1CCCN(C(=O)NC2CCCC2)C1. The van der Waals surface area contributed by atoms with Crippen molar-refractivity contribution in [3.63, 3.8) is 0 Å². The normalized spacial score (nSPS) is 24.5. The van der Waals surface area contributed by atoms with E-state index in [9.17, 15) is 9.90 Å².